The zero-order valence-corrected chi connectivity index (χ0v) is 18.3. The molecule has 1 N–H and O–H groups in total. The van der Waals surface area contributed by atoms with Crippen molar-refractivity contribution in [2.24, 2.45) is 0 Å². The van der Waals surface area contributed by atoms with Crippen LogP contribution >= 0.6 is 0 Å². The highest BCUT2D eigenvalue weighted by molar-refractivity contribution is 7.89. The molecule has 11 nitrogen and oxygen atoms in total. The summed E-state index contributed by atoms with van der Waals surface area (Å²) in [5, 5.41) is 12.4. The normalized spacial score (nSPS) is 14.8. The molecule has 0 saturated carbocycles. The number of ether oxygens (including phenoxy) is 1. The summed E-state index contributed by atoms with van der Waals surface area (Å²) in [5.74, 6) is -0.829. The molecule has 174 valence electrons. The first-order valence-corrected chi connectivity index (χ1v) is 11.9. The van der Waals surface area contributed by atoms with E-state index in [1.165, 1.54) is 16.6 Å². The van der Waals surface area contributed by atoms with E-state index in [0.717, 1.165) is 4.90 Å². The number of rotatable bonds is 9. The zero-order valence-electron chi connectivity index (χ0n) is 17.5. The maximum Gasteiger partial charge on any atom is 0.231 e. The molecular weight excluding hydrogens is 455 g/mol. The van der Waals surface area contributed by atoms with Crippen LogP contribution in [0, 0.1) is 5.82 Å². The van der Waals surface area contributed by atoms with Gasteiger partial charge < -0.3 is 4.74 Å². The van der Waals surface area contributed by atoms with Crippen molar-refractivity contribution in [3.8, 4) is 17.3 Å². The van der Waals surface area contributed by atoms with Gasteiger partial charge in [-0.3, -0.25) is 14.5 Å². The molecular formula is C20H21FN6O5S. The Morgan fingerprint density at radius 2 is 1.76 bits per heavy atom. The van der Waals surface area contributed by atoms with Crippen molar-refractivity contribution in [3.63, 3.8) is 0 Å². The third kappa shape index (κ3) is 5.49. The van der Waals surface area contributed by atoms with Crippen LogP contribution in [-0.2, 0) is 19.6 Å². The third-order valence-corrected chi connectivity index (χ3v) is 6.35. The van der Waals surface area contributed by atoms with Gasteiger partial charge in [-0.05, 0) is 36.8 Å². The van der Waals surface area contributed by atoms with Crippen LogP contribution in [0.5, 0.6) is 5.88 Å². The zero-order chi connectivity index (χ0) is 23.4. The molecule has 1 aromatic carbocycles. The van der Waals surface area contributed by atoms with E-state index >= 15 is 0 Å². The number of sulfonamides is 1. The number of carbonyl (C=O) groups is 2. The van der Waals surface area contributed by atoms with E-state index in [9.17, 15) is 22.4 Å². The van der Waals surface area contributed by atoms with E-state index in [2.05, 4.69) is 20.0 Å². The second-order valence-electron chi connectivity index (χ2n) is 7.33. The Morgan fingerprint density at radius 1 is 1.03 bits per heavy atom. The Labute approximate surface area is 188 Å². The molecule has 1 fully saturated rings. The number of benzene rings is 1. The third-order valence-electron chi connectivity index (χ3n) is 4.98. The van der Waals surface area contributed by atoms with Gasteiger partial charge in [0.05, 0.1) is 5.75 Å². The average molecular weight is 476 g/mol. The highest BCUT2D eigenvalue weighted by Gasteiger charge is 2.27. The average Bonchev–Trinajstić information content (AvgIpc) is 3.20. The fraction of sp³-hybridized carbons (Fsp3) is 0.350. The van der Waals surface area contributed by atoms with Crippen molar-refractivity contribution in [2.45, 2.75) is 19.3 Å². The first kappa shape index (κ1) is 22.7. The van der Waals surface area contributed by atoms with Crippen LogP contribution in [0.25, 0.3) is 17.0 Å². The summed E-state index contributed by atoms with van der Waals surface area (Å²) in [6, 6.07) is 8.93. The van der Waals surface area contributed by atoms with E-state index in [1.54, 1.807) is 24.3 Å². The molecule has 33 heavy (non-hydrogen) atoms. The minimum absolute atomic E-state index is 0.00663. The quantitative estimate of drug-likeness (QED) is 0.353. The Balaban J connectivity index is 1.31. The lowest BCUT2D eigenvalue weighted by molar-refractivity contribution is -0.147. The Hall–Kier alpha value is -3.45. The summed E-state index contributed by atoms with van der Waals surface area (Å²) in [7, 11) is -3.71. The summed E-state index contributed by atoms with van der Waals surface area (Å²) in [4.78, 5) is 24.6. The predicted octanol–water partition coefficient (Wildman–Crippen LogP) is 0.768. The van der Waals surface area contributed by atoms with Crippen LogP contribution in [-0.4, -0.2) is 70.4 Å². The van der Waals surface area contributed by atoms with E-state index in [-0.39, 0.29) is 61.8 Å². The van der Waals surface area contributed by atoms with Crippen molar-refractivity contribution in [1.82, 2.24) is 29.4 Å². The molecule has 1 saturated heterocycles. The lowest BCUT2D eigenvalue weighted by Crippen LogP contribution is -2.44. The molecule has 4 rings (SSSR count). The summed E-state index contributed by atoms with van der Waals surface area (Å²) in [5.41, 5.74) is 1.08. The van der Waals surface area contributed by atoms with Gasteiger partial charge in [-0.1, -0.05) is 0 Å². The van der Waals surface area contributed by atoms with Gasteiger partial charge in [-0.2, -0.15) is 4.52 Å². The van der Waals surface area contributed by atoms with Crippen molar-refractivity contribution < 1.29 is 27.1 Å². The fourth-order valence-corrected chi connectivity index (χ4v) is 4.28. The number of carbonyl (C=O) groups excluding carboxylic acids is 2. The number of hydrogen-bond donors (Lipinski definition) is 1. The largest absolute Gasteiger partial charge is 0.475 e. The second kappa shape index (κ2) is 9.58. The van der Waals surface area contributed by atoms with Crippen LogP contribution in [0.3, 0.4) is 0 Å². The minimum Gasteiger partial charge on any atom is -0.475 e. The van der Waals surface area contributed by atoms with Crippen molar-refractivity contribution >= 4 is 27.5 Å². The molecule has 0 aliphatic carbocycles. The molecule has 1 aliphatic heterocycles. The van der Waals surface area contributed by atoms with Crippen LogP contribution in [0.4, 0.5) is 4.39 Å². The lowest BCUT2D eigenvalue weighted by Gasteiger charge is -2.24. The van der Waals surface area contributed by atoms with Gasteiger partial charge in [0.15, 0.2) is 11.5 Å². The van der Waals surface area contributed by atoms with Crippen LogP contribution in [0.15, 0.2) is 36.4 Å². The molecule has 0 atom stereocenters. The van der Waals surface area contributed by atoms with Gasteiger partial charge in [0.2, 0.25) is 27.7 Å². The number of aromatic nitrogens is 4. The van der Waals surface area contributed by atoms with Gasteiger partial charge in [-0.25, -0.2) is 17.5 Å². The number of likely N-dealkylation sites (tertiary alicyclic amines) is 1. The predicted molar refractivity (Wildman–Crippen MR) is 114 cm³/mol. The summed E-state index contributed by atoms with van der Waals surface area (Å²) in [6.07, 6.45) is 0.996. The maximum atomic E-state index is 13.2. The highest BCUT2D eigenvalue weighted by Crippen LogP contribution is 2.19. The van der Waals surface area contributed by atoms with E-state index in [1.807, 2.05) is 0 Å². The van der Waals surface area contributed by atoms with Gasteiger partial charge in [0, 0.05) is 37.6 Å². The van der Waals surface area contributed by atoms with Gasteiger partial charge >= 0.3 is 0 Å². The topological polar surface area (TPSA) is 136 Å². The van der Waals surface area contributed by atoms with Crippen LogP contribution in [0.2, 0.25) is 0 Å². The number of nitrogens with zero attached hydrogens (tertiary/aromatic N) is 5. The first-order valence-electron chi connectivity index (χ1n) is 10.2. The summed E-state index contributed by atoms with van der Waals surface area (Å²) >= 11 is 0. The van der Waals surface area contributed by atoms with E-state index in [4.69, 9.17) is 4.74 Å². The molecule has 1 aliphatic rings. The number of imide groups is 1. The standard InChI is InChI=1S/C20H21FN6O5S/c21-15-6-4-14(5-7-15)20-24-23-16-8-9-17(25-27(16)20)32-12-10-22-33(30,31)13-11-26-18(28)2-1-3-19(26)29/h4-9,22H,1-3,10-13H2. The van der Waals surface area contributed by atoms with Gasteiger partial charge in [0.1, 0.15) is 12.4 Å². The van der Waals surface area contributed by atoms with Gasteiger partial charge in [-0.15, -0.1) is 15.3 Å². The molecule has 0 bridgehead atoms. The van der Waals surface area contributed by atoms with Gasteiger partial charge in [0.25, 0.3) is 0 Å². The highest BCUT2D eigenvalue weighted by atomic mass is 32.2. The molecule has 2 amide bonds. The number of amides is 2. The Morgan fingerprint density at radius 3 is 2.48 bits per heavy atom. The molecule has 13 heteroatoms. The van der Waals surface area contributed by atoms with E-state index in [0.29, 0.717) is 23.5 Å². The molecule has 3 heterocycles. The number of nitrogens with one attached hydrogen (secondary N) is 1. The molecule has 0 unspecified atom stereocenters. The second-order valence-corrected chi connectivity index (χ2v) is 9.25. The molecule has 0 spiro atoms. The molecule has 3 aromatic rings. The fourth-order valence-electron chi connectivity index (χ4n) is 3.31. The summed E-state index contributed by atoms with van der Waals surface area (Å²) in [6.45, 7) is -0.212. The lowest BCUT2D eigenvalue weighted by atomic mass is 10.1. The first-order chi connectivity index (χ1) is 15.8. The monoisotopic (exact) mass is 476 g/mol. The molecule has 0 radical (unpaired) electrons. The summed E-state index contributed by atoms with van der Waals surface area (Å²) < 4.78 is 46.9. The SMILES string of the molecule is O=C1CCCC(=O)N1CCS(=O)(=O)NCCOc1ccc2nnc(-c3ccc(F)cc3)n2n1. The number of halogens is 1. The minimum atomic E-state index is -3.71. The van der Waals surface area contributed by atoms with Crippen molar-refractivity contribution in [1.29, 1.82) is 0 Å². The number of fused-ring (bicyclic) bond motifs is 1. The molecule has 2 aromatic heterocycles. The van der Waals surface area contributed by atoms with Crippen molar-refractivity contribution in [3.05, 3.63) is 42.2 Å². The Kier molecular flexibility index (Phi) is 6.60. The number of piperidine rings is 1. The smallest absolute Gasteiger partial charge is 0.231 e. The maximum absolute atomic E-state index is 13.2. The van der Waals surface area contributed by atoms with E-state index < -0.39 is 10.0 Å². The Bertz CT molecular complexity index is 1260. The van der Waals surface area contributed by atoms with Crippen molar-refractivity contribution in [2.75, 3.05) is 25.4 Å². The van der Waals surface area contributed by atoms with Crippen LogP contribution in [0.1, 0.15) is 19.3 Å². The van der Waals surface area contributed by atoms with Crippen LogP contribution < -0.4 is 9.46 Å². The number of hydrogen-bond acceptors (Lipinski definition) is 8.